The molecule has 0 spiro atoms. The van der Waals surface area contributed by atoms with Crippen molar-refractivity contribution < 1.29 is 4.79 Å². The highest BCUT2D eigenvalue weighted by atomic mass is 79.9. The fourth-order valence-corrected chi connectivity index (χ4v) is 2.74. The Balaban J connectivity index is 1.89. The number of rotatable bonds is 3. The van der Waals surface area contributed by atoms with E-state index in [1.165, 1.54) is 0 Å². The van der Waals surface area contributed by atoms with Gasteiger partial charge in [-0.1, -0.05) is 15.9 Å². The van der Waals surface area contributed by atoms with E-state index in [1.54, 1.807) is 0 Å². The summed E-state index contributed by atoms with van der Waals surface area (Å²) in [7, 11) is 0. The van der Waals surface area contributed by atoms with E-state index >= 15 is 0 Å². The number of carbonyl (C=O) groups is 1. The molecule has 1 amide bonds. The van der Waals surface area contributed by atoms with E-state index in [0.717, 1.165) is 35.4 Å². The first-order valence-electron chi connectivity index (χ1n) is 6.57. The highest BCUT2D eigenvalue weighted by Gasteiger charge is 2.19. The summed E-state index contributed by atoms with van der Waals surface area (Å²) in [6, 6.07) is 6.39. The number of nitrogens with zero attached hydrogens (tertiary/aromatic N) is 1. The number of aryl methyl sites for hydroxylation is 1. The second-order valence-electron chi connectivity index (χ2n) is 5.01. The van der Waals surface area contributed by atoms with Crippen LogP contribution in [0.15, 0.2) is 22.7 Å². The molecule has 0 saturated carbocycles. The molecule has 0 bridgehead atoms. The zero-order valence-electron chi connectivity index (χ0n) is 11.4. The van der Waals surface area contributed by atoms with Crippen molar-refractivity contribution in [3.63, 3.8) is 0 Å². The van der Waals surface area contributed by atoms with Crippen LogP contribution in [-0.2, 0) is 4.79 Å². The molecule has 0 aromatic heterocycles. The molecule has 1 saturated heterocycles. The molecule has 1 aliphatic heterocycles. The molecule has 0 aliphatic carbocycles. The number of amides is 1. The van der Waals surface area contributed by atoms with Gasteiger partial charge in [0.1, 0.15) is 0 Å². The summed E-state index contributed by atoms with van der Waals surface area (Å²) in [5.74, 6) is 0.163. The van der Waals surface area contributed by atoms with Gasteiger partial charge >= 0.3 is 0 Å². The summed E-state index contributed by atoms with van der Waals surface area (Å²) in [4.78, 5) is 14.0. The van der Waals surface area contributed by atoms with E-state index in [1.807, 2.05) is 30.0 Å². The van der Waals surface area contributed by atoms with E-state index in [-0.39, 0.29) is 5.91 Å². The van der Waals surface area contributed by atoms with E-state index in [0.29, 0.717) is 12.6 Å². The van der Waals surface area contributed by atoms with Crippen LogP contribution in [-0.4, -0.2) is 43.0 Å². The molecule has 1 aromatic carbocycles. The summed E-state index contributed by atoms with van der Waals surface area (Å²) in [6.45, 7) is 6.96. The van der Waals surface area contributed by atoms with Gasteiger partial charge in [-0.25, -0.2) is 0 Å². The van der Waals surface area contributed by atoms with Gasteiger partial charge in [-0.3, -0.25) is 4.79 Å². The standard InChI is InChI=1S/C14H20BrN3O/c1-10-7-12(15)3-4-13(10)17-8-14(19)18-6-5-16-11(2)9-18/h3-4,7,11,16-17H,5-6,8-9H2,1-2H3. The quantitative estimate of drug-likeness (QED) is 0.893. The lowest BCUT2D eigenvalue weighted by molar-refractivity contribution is -0.130. The summed E-state index contributed by atoms with van der Waals surface area (Å²) < 4.78 is 1.05. The lowest BCUT2D eigenvalue weighted by Gasteiger charge is -2.32. The molecular formula is C14H20BrN3O. The summed E-state index contributed by atoms with van der Waals surface area (Å²) in [6.07, 6.45) is 0. The summed E-state index contributed by atoms with van der Waals surface area (Å²) in [5, 5.41) is 6.56. The molecule has 1 aliphatic rings. The van der Waals surface area contributed by atoms with Crippen LogP contribution in [0.5, 0.6) is 0 Å². The molecule has 1 atom stereocenters. The minimum Gasteiger partial charge on any atom is -0.376 e. The topological polar surface area (TPSA) is 44.4 Å². The molecular weight excluding hydrogens is 306 g/mol. The second kappa shape index (κ2) is 6.39. The Hall–Kier alpha value is -1.07. The first kappa shape index (κ1) is 14.3. The van der Waals surface area contributed by atoms with E-state index < -0.39 is 0 Å². The van der Waals surface area contributed by atoms with Gasteiger partial charge < -0.3 is 15.5 Å². The third-order valence-corrected chi connectivity index (χ3v) is 3.83. The van der Waals surface area contributed by atoms with Crippen LogP contribution in [0.3, 0.4) is 0 Å². The first-order chi connectivity index (χ1) is 9.06. The SMILES string of the molecule is Cc1cc(Br)ccc1NCC(=O)N1CCNC(C)C1. The van der Waals surface area contributed by atoms with Crippen LogP contribution in [0.2, 0.25) is 0 Å². The van der Waals surface area contributed by atoms with Crippen molar-refractivity contribution in [2.75, 3.05) is 31.5 Å². The highest BCUT2D eigenvalue weighted by molar-refractivity contribution is 9.10. The largest absolute Gasteiger partial charge is 0.376 e. The van der Waals surface area contributed by atoms with Gasteiger partial charge in [-0.05, 0) is 37.6 Å². The van der Waals surface area contributed by atoms with Gasteiger partial charge in [-0.15, -0.1) is 0 Å². The Morgan fingerprint density at radius 1 is 1.58 bits per heavy atom. The Kier molecular flexibility index (Phi) is 4.82. The van der Waals surface area contributed by atoms with E-state index in [9.17, 15) is 4.79 Å². The molecule has 1 heterocycles. The average Bonchev–Trinajstić information content (AvgIpc) is 2.37. The minimum absolute atomic E-state index is 0.163. The van der Waals surface area contributed by atoms with Crippen LogP contribution in [0.25, 0.3) is 0 Å². The molecule has 2 N–H and O–H groups in total. The first-order valence-corrected chi connectivity index (χ1v) is 7.37. The fraction of sp³-hybridized carbons (Fsp3) is 0.500. The molecule has 1 aromatic rings. The number of halogens is 1. The van der Waals surface area contributed by atoms with Crippen molar-refractivity contribution in [2.24, 2.45) is 0 Å². The Morgan fingerprint density at radius 2 is 2.37 bits per heavy atom. The lowest BCUT2D eigenvalue weighted by atomic mass is 10.2. The second-order valence-corrected chi connectivity index (χ2v) is 5.92. The third kappa shape index (κ3) is 3.94. The minimum atomic E-state index is 0.163. The molecule has 1 unspecified atom stereocenters. The monoisotopic (exact) mass is 325 g/mol. The van der Waals surface area contributed by atoms with Gasteiger partial charge in [0.05, 0.1) is 6.54 Å². The normalized spacial score (nSPS) is 19.3. The number of hydrogen-bond acceptors (Lipinski definition) is 3. The van der Waals surface area contributed by atoms with Crippen molar-refractivity contribution in [1.29, 1.82) is 0 Å². The highest BCUT2D eigenvalue weighted by Crippen LogP contribution is 2.19. The molecule has 1 fully saturated rings. The zero-order chi connectivity index (χ0) is 13.8. The van der Waals surface area contributed by atoms with Crippen molar-refractivity contribution >= 4 is 27.5 Å². The average molecular weight is 326 g/mol. The maximum Gasteiger partial charge on any atom is 0.241 e. The third-order valence-electron chi connectivity index (χ3n) is 3.34. The smallest absolute Gasteiger partial charge is 0.241 e. The predicted octanol–water partition coefficient (Wildman–Crippen LogP) is 1.99. The van der Waals surface area contributed by atoms with Crippen molar-refractivity contribution in [3.8, 4) is 0 Å². The van der Waals surface area contributed by atoms with Gasteiger partial charge in [-0.2, -0.15) is 0 Å². The molecule has 104 valence electrons. The zero-order valence-corrected chi connectivity index (χ0v) is 13.0. The van der Waals surface area contributed by atoms with E-state index in [2.05, 4.69) is 33.5 Å². The van der Waals surface area contributed by atoms with Crippen LogP contribution in [0, 0.1) is 6.92 Å². The number of nitrogens with one attached hydrogen (secondary N) is 2. The molecule has 2 rings (SSSR count). The van der Waals surface area contributed by atoms with Crippen molar-refractivity contribution in [1.82, 2.24) is 10.2 Å². The number of benzene rings is 1. The van der Waals surface area contributed by atoms with Gasteiger partial charge in [0.15, 0.2) is 0 Å². The summed E-state index contributed by atoms with van der Waals surface area (Å²) >= 11 is 3.44. The molecule has 5 heteroatoms. The number of carbonyl (C=O) groups excluding carboxylic acids is 1. The van der Waals surface area contributed by atoms with Gasteiger partial charge in [0.25, 0.3) is 0 Å². The summed E-state index contributed by atoms with van der Waals surface area (Å²) in [5.41, 5.74) is 2.15. The van der Waals surface area contributed by atoms with Crippen LogP contribution < -0.4 is 10.6 Å². The molecule has 4 nitrogen and oxygen atoms in total. The Labute approximate surface area is 122 Å². The van der Waals surface area contributed by atoms with Gasteiger partial charge in [0, 0.05) is 35.8 Å². The van der Waals surface area contributed by atoms with Crippen molar-refractivity contribution in [2.45, 2.75) is 19.9 Å². The van der Waals surface area contributed by atoms with Crippen LogP contribution in [0.1, 0.15) is 12.5 Å². The van der Waals surface area contributed by atoms with Gasteiger partial charge in [0.2, 0.25) is 5.91 Å². The Morgan fingerprint density at radius 3 is 3.05 bits per heavy atom. The fourth-order valence-electron chi connectivity index (χ4n) is 2.27. The number of anilines is 1. The van der Waals surface area contributed by atoms with Crippen LogP contribution >= 0.6 is 15.9 Å². The number of hydrogen-bond donors (Lipinski definition) is 2. The number of piperazine rings is 1. The Bertz CT molecular complexity index is 464. The molecule has 0 radical (unpaired) electrons. The van der Waals surface area contributed by atoms with Crippen LogP contribution in [0.4, 0.5) is 5.69 Å². The lowest BCUT2D eigenvalue weighted by Crippen LogP contribution is -2.52. The predicted molar refractivity (Wildman–Crippen MR) is 81.4 cm³/mol. The van der Waals surface area contributed by atoms with E-state index in [4.69, 9.17) is 0 Å². The van der Waals surface area contributed by atoms with Crippen molar-refractivity contribution in [3.05, 3.63) is 28.2 Å². The maximum absolute atomic E-state index is 12.1. The maximum atomic E-state index is 12.1. The molecule has 19 heavy (non-hydrogen) atoms.